The second-order valence-electron chi connectivity index (χ2n) is 17.0. The first-order chi connectivity index (χ1) is 31.0. The van der Waals surface area contributed by atoms with Crippen LogP contribution < -0.4 is 4.90 Å². The Hall–Kier alpha value is -8.08. The van der Waals surface area contributed by atoms with Crippen molar-refractivity contribution in [2.24, 2.45) is 0 Å². The molecule has 3 heterocycles. The van der Waals surface area contributed by atoms with Crippen LogP contribution in [0.1, 0.15) is 25.0 Å². The van der Waals surface area contributed by atoms with E-state index in [1.54, 1.807) is 0 Å². The van der Waals surface area contributed by atoms with Crippen LogP contribution in [0, 0.1) is 0 Å². The highest BCUT2D eigenvalue weighted by molar-refractivity contribution is 6.22. The first kappa shape index (κ1) is 36.7. The largest absolute Gasteiger partial charge is 0.310 e. The SMILES string of the molecule is CC1(C)c2ccccc2N(c2ccccc2)c2cc(-c3ccc4c(c3)c3c5ccccc5ccc3n4-c3cc(-c4ccc(-c5ccccc5)cc4)nc(-c4ccccc4)n3)ccc21. The summed E-state index contributed by atoms with van der Waals surface area (Å²) >= 11 is 0. The van der Waals surface area contributed by atoms with Crippen LogP contribution in [0.4, 0.5) is 17.1 Å². The van der Waals surface area contributed by atoms with E-state index in [-0.39, 0.29) is 5.41 Å². The average molecular weight is 807 g/mol. The summed E-state index contributed by atoms with van der Waals surface area (Å²) in [4.78, 5) is 13.0. The fourth-order valence-corrected chi connectivity index (χ4v) is 9.85. The minimum atomic E-state index is -0.176. The van der Waals surface area contributed by atoms with Gasteiger partial charge >= 0.3 is 0 Å². The van der Waals surface area contributed by atoms with Gasteiger partial charge < -0.3 is 4.90 Å². The molecular formula is C59H42N4. The molecule has 1 aliphatic heterocycles. The highest BCUT2D eigenvalue weighted by atomic mass is 15.2. The fourth-order valence-electron chi connectivity index (χ4n) is 9.85. The van der Waals surface area contributed by atoms with Gasteiger partial charge in [0.15, 0.2) is 5.82 Å². The molecule has 63 heavy (non-hydrogen) atoms. The van der Waals surface area contributed by atoms with Gasteiger partial charge in [0, 0.05) is 39.1 Å². The van der Waals surface area contributed by atoms with Crippen LogP contribution in [0.5, 0.6) is 0 Å². The van der Waals surface area contributed by atoms with Crippen molar-refractivity contribution < 1.29 is 0 Å². The molecule has 0 aliphatic carbocycles. The molecule has 0 fully saturated rings. The molecule has 4 heteroatoms. The van der Waals surface area contributed by atoms with Crippen LogP contribution in [0.25, 0.3) is 83.3 Å². The Balaban J connectivity index is 1.06. The first-order valence-electron chi connectivity index (χ1n) is 21.7. The van der Waals surface area contributed by atoms with Crippen molar-refractivity contribution in [3.63, 3.8) is 0 Å². The number of hydrogen-bond donors (Lipinski definition) is 0. The van der Waals surface area contributed by atoms with Gasteiger partial charge in [-0.2, -0.15) is 0 Å². The second kappa shape index (κ2) is 14.5. The predicted octanol–water partition coefficient (Wildman–Crippen LogP) is 15.5. The minimum Gasteiger partial charge on any atom is -0.310 e. The van der Waals surface area contributed by atoms with E-state index >= 15 is 0 Å². The normalized spacial score (nSPS) is 13.0. The molecule has 12 rings (SSSR count). The van der Waals surface area contributed by atoms with Gasteiger partial charge in [-0.3, -0.25) is 4.57 Å². The minimum absolute atomic E-state index is 0.176. The molecule has 0 radical (unpaired) electrons. The van der Waals surface area contributed by atoms with Crippen molar-refractivity contribution in [3.8, 4) is 50.7 Å². The molecule has 11 aromatic rings. The molecule has 1 aliphatic rings. The van der Waals surface area contributed by atoms with Crippen LogP contribution in [0.15, 0.2) is 218 Å². The lowest BCUT2D eigenvalue weighted by atomic mass is 9.73. The van der Waals surface area contributed by atoms with Crippen molar-refractivity contribution in [2.45, 2.75) is 19.3 Å². The number of hydrogen-bond acceptors (Lipinski definition) is 3. The Morgan fingerprint density at radius 1 is 0.397 bits per heavy atom. The monoisotopic (exact) mass is 806 g/mol. The summed E-state index contributed by atoms with van der Waals surface area (Å²) in [5, 5.41) is 4.80. The zero-order valence-corrected chi connectivity index (χ0v) is 35.1. The zero-order chi connectivity index (χ0) is 42.1. The van der Waals surface area contributed by atoms with Crippen molar-refractivity contribution in [1.29, 1.82) is 0 Å². The third-order valence-corrected chi connectivity index (χ3v) is 13.0. The van der Waals surface area contributed by atoms with Gasteiger partial charge in [-0.25, -0.2) is 9.97 Å². The van der Waals surface area contributed by atoms with Gasteiger partial charge in [-0.15, -0.1) is 0 Å². The van der Waals surface area contributed by atoms with E-state index < -0.39 is 0 Å². The Morgan fingerprint density at radius 2 is 0.984 bits per heavy atom. The van der Waals surface area contributed by atoms with Gasteiger partial charge in [0.1, 0.15) is 5.82 Å². The fraction of sp³-hybridized carbons (Fsp3) is 0.0508. The molecule has 0 saturated heterocycles. The average Bonchev–Trinajstić information content (AvgIpc) is 3.69. The molecule has 0 unspecified atom stereocenters. The van der Waals surface area contributed by atoms with Crippen molar-refractivity contribution in [3.05, 3.63) is 230 Å². The van der Waals surface area contributed by atoms with Crippen LogP contribution in [0.3, 0.4) is 0 Å². The summed E-state index contributed by atoms with van der Waals surface area (Å²) < 4.78 is 2.33. The lowest BCUT2D eigenvalue weighted by molar-refractivity contribution is 0.632. The molecule has 0 N–H and O–H groups in total. The second-order valence-corrected chi connectivity index (χ2v) is 17.0. The molecule has 4 nitrogen and oxygen atoms in total. The van der Waals surface area contributed by atoms with Gasteiger partial charge in [0.05, 0.1) is 28.1 Å². The van der Waals surface area contributed by atoms with Crippen molar-refractivity contribution >= 4 is 49.6 Å². The van der Waals surface area contributed by atoms with E-state index in [4.69, 9.17) is 9.97 Å². The Kier molecular flexibility index (Phi) is 8.48. The Morgan fingerprint density at radius 3 is 1.78 bits per heavy atom. The van der Waals surface area contributed by atoms with E-state index in [0.717, 1.165) is 44.9 Å². The van der Waals surface area contributed by atoms with Crippen LogP contribution >= 0.6 is 0 Å². The number of benzene rings is 9. The molecular weight excluding hydrogens is 765 g/mol. The predicted molar refractivity (Wildman–Crippen MR) is 262 cm³/mol. The Bertz CT molecular complexity index is 3520. The van der Waals surface area contributed by atoms with E-state index in [1.165, 1.54) is 60.7 Å². The number of fused-ring (bicyclic) bond motifs is 7. The van der Waals surface area contributed by atoms with Crippen LogP contribution in [-0.4, -0.2) is 14.5 Å². The number of para-hydroxylation sites is 2. The lowest BCUT2D eigenvalue weighted by Gasteiger charge is -2.42. The van der Waals surface area contributed by atoms with E-state index in [2.05, 4.69) is 224 Å². The highest BCUT2D eigenvalue weighted by Gasteiger charge is 2.37. The summed E-state index contributed by atoms with van der Waals surface area (Å²) in [6.45, 7) is 4.69. The number of aromatic nitrogens is 3. The maximum Gasteiger partial charge on any atom is 0.162 e. The standard InChI is InChI=1S/C59H42N4/c1-59(2)49-24-14-15-25-53(49)62(46-21-10-5-11-22-46)55-37-45(30-33-50(55)59)44-32-34-52-48(36-44)57-47-23-13-12-18-41(47)31-35-54(57)63(52)56-38-51(60-58(61-56)43-19-8-4-9-20-43)42-28-26-40(27-29-42)39-16-6-3-7-17-39/h3-38H,1-2H3. The molecule has 0 saturated carbocycles. The van der Waals surface area contributed by atoms with Gasteiger partial charge in [-0.1, -0.05) is 184 Å². The molecule has 298 valence electrons. The molecule has 9 aromatic carbocycles. The Labute approximate surface area is 367 Å². The summed E-state index contributed by atoms with van der Waals surface area (Å²) in [5.74, 6) is 1.51. The van der Waals surface area contributed by atoms with Crippen LogP contribution in [-0.2, 0) is 5.41 Å². The number of anilines is 3. The summed E-state index contributed by atoms with van der Waals surface area (Å²) in [5.41, 5.74) is 15.8. The van der Waals surface area contributed by atoms with Gasteiger partial charge in [0.25, 0.3) is 0 Å². The first-order valence-corrected chi connectivity index (χ1v) is 21.7. The molecule has 2 aromatic heterocycles. The van der Waals surface area contributed by atoms with E-state index in [9.17, 15) is 0 Å². The number of rotatable bonds is 6. The molecule has 0 spiro atoms. The topological polar surface area (TPSA) is 34.0 Å². The smallest absolute Gasteiger partial charge is 0.162 e. The van der Waals surface area contributed by atoms with Gasteiger partial charge in [0.2, 0.25) is 0 Å². The maximum absolute atomic E-state index is 5.36. The molecule has 0 bridgehead atoms. The zero-order valence-electron chi connectivity index (χ0n) is 35.1. The maximum atomic E-state index is 5.36. The summed E-state index contributed by atoms with van der Waals surface area (Å²) in [7, 11) is 0. The van der Waals surface area contributed by atoms with E-state index in [1.807, 2.05) is 18.2 Å². The lowest BCUT2D eigenvalue weighted by Crippen LogP contribution is -2.30. The van der Waals surface area contributed by atoms with Crippen LogP contribution in [0.2, 0.25) is 0 Å². The van der Waals surface area contributed by atoms with Crippen molar-refractivity contribution in [1.82, 2.24) is 14.5 Å². The molecule has 0 atom stereocenters. The van der Waals surface area contributed by atoms with Crippen molar-refractivity contribution in [2.75, 3.05) is 4.90 Å². The third kappa shape index (κ3) is 6.06. The third-order valence-electron chi connectivity index (χ3n) is 13.0. The summed E-state index contributed by atoms with van der Waals surface area (Å²) in [6, 6.07) is 78.5. The van der Waals surface area contributed by atoms with Gasteiger partial charge in [-0.05, 0) is 86.6 Å². The van der Waals surface area contributed by atoms with E-state index in [0.29, 0.717) is 5.82 Å². The quantitative estimate of drug-likeness (QED) is 0.168. The summed E-state index contributed by atoms with van der Waals surface area (Å²) in [6.07, 6.45) is 0. The molecule has 0 amide bonds. The number of nitrogens with zero attached hydrogens (tertiary/aromatic N) is 4. The highest BCUT2D eigenvalue weighted by Crippen LogP contribution is 2.53.